The summed E-state index contributed by atoms with van der Waals surface area (Å²) in [5.74, 6) is 1.35. The second kappa shape index (κ2) is 9.00. The van der Waals surface area contributed by atoms with Crippen molar-refractivity contribution >= 4 is 17.4 Å². The number of aromatic nitrogens is 3. The van der Waals surface area contributed by atoms with Gasteiger partial charge in [0.05, 0.1) is 0 Å². The van der Waals surface area contributed by atoms with Crippen LogP contribution in [0, 0.1) is 13.8 Å². The van der Waals surface area contributed by atoms with E-state index in [1.54, 1.807) is 12.4 Å². The van der Waals surface area contributed by atoms with Gasteiger partial charge in [-0.05, 0) is 56.5 Å². The molecule has 1 fully saturated rings. The highest BCUT2D eigenvalue weighted by atomic mass is 16.5. The van der Waals surface area contributed by atoms with E-state index in [1.165, 1.54) is 0 Å². The molecule has 3 aromatic rings. The van der Waals surface area contributed by atoms with Crippen LogP contribution in [0.2, 0.25) is 0 Å². The molecule has 0 aliphatic carbocycles. The monoisotopic (exact) mass is 403 g/mol. The lowest BCUT2D eigenvalue weighted by Crippen LogP contribution is -2.26. The quantitative estimate of drug-likeness (QED) is 0.649. The van der Waals surface area contributed by atoms with E-state index in [2.05, 4.69) is 20.6 Å². The van der Waals surface area contributed by atoms with Crippen LogP contribution >= 0.6 is 0 Å². The van der Waals surface area contributed by atoms with Crippen LogP contribution in [0.25, 0.3) is 11.4 Å². The molecular weight excluding hydrogens is 378 g/mol. The fourth-order valence-electron chi connectivity index (χ4n) is 3.38. The van der Waals surface area contributed by atoms with Gasteiger partial charge in [-0.2, -0.15) is 0 Å². The summed E-state index contributed by atoms with van der Waals surface area (Å²) in [6.45, 7) is 5.21. The van der Waals surface area contributed by atoms with E-state index >= 15 is 0 Å². The van der Waals surface area contributed by atoms with Crippen molar-refractivity contribution in [1.82, 2.24) is 15.0 Å². The van der Waals surface area contributed by atoms with Crippen LogP contribution in [0.1, 0.15) is 29.7 Å². The molecule has 1 amide bonds. The zero-order valence-corrected chi connectivity index (χ0v) is 17.2. The molecule has 7 nitrogen and oxygen atoms in total. The number of amides is 1. The van der Waals surface area contributed by atoms with Gasteiger partial charge in [-0.15, -0.1) is 0 Å². The molecule has 154 valence electrons. The first kappa shape index (κ1) is 20.0. The van der Waals surface area contributed by atoms with Crippen molar-refractivity contribution in [1.29, 1.82) is 0 Å². The van der Waals surface area contributed by atoms with E-state index in [0.29, 0.717) is 19.0 Å². The minimum absolute atomic E-state index is 0.0824. The Hall–Kier alpha value is -3.32. The van der Waals surface area contributed by atoms with Gasteiger partial charge >= 0.3 is 0 Å². The smallest absolute Gasteiger partial charge is 0.253 e. The number of hydrogen-bond acceptors (Lipinski definition) is 6. The second-order valence-electron chi connectivity index (χ2n) is 7.39. The Kier molecular flexibility index (Phi) is 5.99. The highest BCUT2D eigenvalue weighted by molar-refractivity contribution is 5.94. The molecule has 1 saturated heterocycles. The summed E-state index contributed by atoms with van der Waals surface area (Å²) < 4.78 is 5.45. The van der Waals surface area contributed by atoms with Gasteiger partial charge < -0.3 is 15.4 Å². The summed E-state index contributed by atoms with van der Waals surface area (Å²) >= 11 is 0. The number of nitrogens with one attached hydrogen (secondary N) is 2. The minimum atomic E-state index is -0.343. The molecule has 1 aromatic carbocycles. The van der Waals surface area contributed by atoms with Gasteiger partial charge in [-0.1, -0.05) is 12.1 Å². The summed E-state index contributed by atoms with van der Waals surface area (Å²) in [5.41, 5.74) is 4.61. The lowest BCUT2D eigenvalue weighted by molar-refractivity contribution is -0.124. The number of ether oxygens (including phenoxy) is 1. The van der Waals surface area contributed by atoms with E-state index in [9.17, 15) is 4.79 Å². The van der Waals surface area contributed by atoms with Gasteiger partial charge in [-0.25, -0.2) is 9.97 Å². The molecule has 0 bridgehead atoms. The first-order valence-corrected chi connectivity index (χ1v) is 10.1. The maximum atomic E-state index is 12.3. The van der Waals surface area contributed by atoms with Gasteiger partial charge in [0, 0.05) is 48.1 Å². The van der Waals surface area contributed by atoms with E-state index in [0.717, 1.165) is 46.7 Å². The maximum Gasteiger partial charge on any atom is 0.253 e. The Balaban J connectivity index is 1.47. The lowest BCUT2D eigenvalue weighted by atomic mass is 10.1. The van der Waals surface area contributed by atoms with E-state index < -0.39 is 0 Å². The summed E-state index contributed by atoms with van der Waals surface area (Å²) in [4.78, 5) is 25.7. The molecule has 1 unspecified atom stereocenters. The van der Waals surface area contributed by atoms with Crippen LogP contribution in [0.15, 0.2) is 48.8 Å². The van der Waals surface area contributed by atoms with Crippen LogP contribution < -0.4 is 10.6 Å². The molecule has 1 aliphatic heterocycles. The molecule has 3 heterocycles. The second-order valence-corrected chi connectivity index (χ2v) is 7.39. The zero-order valence-electron chi connectivity index (χ0n) is 17.2. The Morgan fingerprint density at radius 1 is 1.20 bits per heavy atom. The number of rotatable bonds is 6. The molecule has 0 spiro atoms. The first-order chi connectivity index (χ1) is 14.6. The predicted molar refractivity (Wildman–Crippen MR) is 116 cm³/mol. The third kappa shape index (κ3) is 4.63. The van der Waals surface area contributed by atoms with Gasteiger partial charge in [0.15, 0.2) is 5.82 Å². The summed E-state index contributed by atoms with van der Waals surface area (Å²) in [7, 11) is 0. The van der Waals surface area contributed by atoms with Crippen LogP contribution in [-0.4, -0.2) is 33.6 Å². The molecule has 30 heavy (non-hydrogen) atoms. The normalized spacial score (nSPS) is 15.7. The van der Waals surface area contributed by atoms with Crippen LogP contribution in [-0.2, 0) is 16.1 Å². The third-order valence-corrected chi connectivity index (χ3v) is 5.19. The molecule has 1 aliphatic rings. The highest BCUT2D eigenvalue weighted by Gasteiger charge is 2.23. The van der Waals surface area contributed by atoms with E-state index in [1.807, 2.05) is 50.2 Å². The number of benzene rings is 1. The molecular formula is C23H25N5O2. The van der Waals surface area contributed by atoms with Crippen molar-refractivity contribution in [3.05, 3.63) is 65.6 Å². The minimum Gasteiger partial charge on any atom is -0.368 e. The van der Waals surface area contributed by atoms with Crippen molar-refractivity contribution in [3.63, 3.8) is 0 Å². The number of anilines is 2. The maximum absolute atomic E-state index is 12.3. The molecule has 2 aromatic heterocycles. The topological polar surface area (TPSA) is 89.0 Å². The van der Waals surface area contributed by atoms with Crippen molar-refractivity contribution < 1.29 is 9.53 Å². The van der Waals surface area contributed by atoms with Gasteiger partial charge in [0.1, 0.15) is 11.9 Å². The number of hydrogen-bond donors (Lipinski definition) is 2. The first-order valence-electron chi connectivity index (χ1n) is 10.1. The third-order valence-electron chi connectivity index (χ3n) is 5.19. The number of carbonyl (C=O) groups is 1. The summed E-state index contributed by atoms with van der Waals surface area (Å²) in [5, 5.41) is 6.36. The molecule has 2 N–H and O–H groups in total. The zero-order chi connectivity index (χ0) is 20.9. The van der Waals surface area contributed by atoms with Crippen molar-refractivity contribution in [3.8, 4) is 11.4 Å². The fraction of sp³-hybridized carbons (Fsp3) is 0.304. The summed E-state index contributed by atoms with van der Waals surface area (Å²) in [6, 6.07) is 11.6. The van der Waals surface area contributed by atoms with Crippen LogP contribution in [0.5, 0.6) is 0 Å². The molecule has 4 rings (SSSR count). The largest absolute Gasteiger partial charge is 0.368 e. The van der Waals surface area contributed by atoms with Gasteiger partial charge in [0.2, 0.25) is 0 Å². The SMILES string of the molecule is Cc1nc(-c2cccnc2)nc(NCc2cccc(NC(=O)C3CCCO3)c2)c1C. The Labute approximate surface area is 175 Å². The average molecular weight is 403 g/mol. The fourth-order valence-corrected chi connectivity index (χ4v) is 3.38. The van der Waals surface area contributed by atoms with Crippen molar-refractivity contribution in [2.75, 3.05) is 17.2 Å². The number of nitrogens with zero attached hydrogens (tertiary/aromatic N) is 3. The Bertz CT molecular complexity index is 1030. The number of pyridine rings is 1. The molecule has 0 radical (unpaired) electrons. The van der Waals surface area contributed by atoms with Crippen LogP contribution in [0.3, 0.4) is 0 Å². The Morgan fingerprint density at radius 2 is 2.10 bits per heavy atom. The average Bonchev–Trinajstić information content (AvgIpc) is 3.31. The molecule has 1 atom stereocenters. The van der Waals surface area contributed by atoms with Gasteiger partial charge in [-0.3, -0.25) is 9.78 Å². The standard InChI is InChI=1S/C23H25N5O2/c1-15-16(2)26-22(18-7-4-10-24-14-18)28-21(15)25-13-17-6-3-8-19(12-17)27-23(29)20-9-5-11-30-20/h3-4,6-8,10,12,14,20H,5,9,11,13H2,1-2H3,(H,27,29)(H,25,26,28). The number of carbonyl (C=O) groups excluding carboxylic acids is 1. The molecule has 0 saturated carbocycles. The lowest BCUT2D eigenvalue weighted by Gasteiger charge is -2.14. The van der Waals surface area contributed by atoms with Crippen molar-refractivity contribution in [2.24, 2.45) is 0 Å². The predicted octanol–water partition coefficient (Wildman–Crippen LogP) is 3.89. The summed E-state index contributed by atoms with van der Waals surface area (Å²) in [6.07, 6.45) is 4.85. The van der Waals surface area contributed by atoms with E-state index in [4.69, 9.17) is 9.72 Å². The van der Waals surface area contributed by atoms with Gasteiger partial charge in [0.25, 0.3) is 5.91 Å². The Morgan fingerprint density at radius 3 is 2.87 bits per heavy atom. The van der Waals surface area contributed by atoms with Crippen LogP contribution in [0.4, 0.5) is 11.5 Å². The number of aryl methyl sites for hydroxylation is 1. The molecule has 7 heteroatoms. The van der Waals surface area contributed by atoms with E-state index in [-0.39, 0.29) is 12.0 Å². The van der Waals surface area contributed by atoms with Crippen molar-refractivity contribution in [2.45, 2.75) is 39.3 Å². The highest BCUT2D eigenvalue weighted by Crippen LogP contribution is 2.22.